The van der Waals surface area contributed by atoms with E-state index in [-0.39, 0.29) is 0 Å². The Balaban J connectivity index is 3.46. The fourth-order valence-electron chi connectivity index (χ4n) is 0.997. The maximum Gasteiger partial charge on any atom is 0.561 e. The average molecular weight is 320 g/mol. The highest BCUT2D eigenvalue weighted by Gasteiger charge is 2.30. The number of hydrogen-bond acceptors (Lipinski definition) is 6. The smallest absolute Gasteiger partial charge is 0.0450 e. The Morgan fingerprint density at radius 2 is 1.06 bits per heavy atom. The predicted octanol–water partition coefficient (Wildman–Crippen LogP) is 4.42. The number of rotatable bonds is 10. The van der Waals surface area contributed by atoms with Crippen LogP contribution in [0.25, 0.3) is 0 Å². The zero-order valence-corrected chi connectivity index (χ0v) is 13.4. The van der Waals surface area contributed by atoms with Gasteiger partial charge in [-0.15, -0.1) is 0 Å². The van der Waals surface area contributed by atoms with Gasteiger partial charge in [0, 0.05) is 0 Å². The van der Waals surface area contributed by atoms with E-state index in [9.17, 15) is 18.3 Å². The van der Waals surface area contributed by atoms with Crippen LogP contribution in [0.5, 0.6) is 0 Å². The van der Waals surface area contributed by atoms with Crippen molar-refractivity contribution in [3.05, 3.63) is 0 Å². The summed E-state index contributed by atoms with van der Waals surface area (Å²) in [5.74, 6) is 0. The van der Waals surface area contributed by atoms with Crippen molar-refractivity contribution < 1.29 is 26.9 Å². The Labute approximate surface area is 104 Å². The van der Waals surface area contributed by atoms with Crippen LogP contribution in [-0.2, 0) is 26.9 Å². The topological polar surface area (TPSA) is 86.7 Å². The minimum atomic E-state index is -1.85. The first-order valence-electron chi connectivity index (χ1n) is 4.99. The summed E-state index contributed by atoms with van der Waals surface area (Å²) in [6.45, 7) is 2.72. The monoisotopic (exact) mass is 320 g/mol. The molecule has 0 radical (unpaired) electrons. The molecule has 0 aliphatic carbocycles. The Bertz CT molecular complexity index is 287. The van der Waals surface area contributed by atoms with E-state index in [1.165, 1.54) is 13.3 Å². The molecule has 0 aliphatic rings. The van der Waals surface area contributed by atoms with Crippen molar-refractivity contribution in [3.63, 3.8) is 0 Å². The van der Waals surface area contributed by atoms with Crippen molar-refractivity contribution in [1.82, 2.24) is 0 Å². The van der Waals surface area contributed by atoms with Crippen LogP contribution in [0.1, 0.15) is 19.3 Å². The molecule has 4 unspecified atom stereocenters. The van der Waals surface area contributed by atoms with E-state index in [1.807, 2.05) is 0 Å². The standard InChI is InChI=1S/C7H16O6P4/c1-14(8)12-16(10)6-4-3-5-7-17(11)13-15(2)9/h3-7H2,1-2H3/q+4. The second-order valence-electron chi connectivity index (χ2n) is 3.22. The molecule has 0 saturated heterocycles. The predicted molar refractivity (Wildman–Crippen MR) is 68.0 cm³/mol. The van der Waals surface area contributed by atoms with Crippen LogP contribution >= 0.6 is 32.1 Å². The molecule has 0 aromatic carbocycles. The van der Waals surface area contributed by atoms with Gasteiger partial charge in [-0.3, -0.25) is 0 Å². The highest BCUT2D eigenvalue weighted by Crippen LogP contribution is 2.37. The molecule has 10 heteroatoms. The van der Waals surface area contributed by atoms with E-state index in [0.29, 0.717) is 25.2 Å². The van der Waals surface area contributed by atoms with Gasteiger partial charge in [-0.2, -0.15) is 0 Å². The lowest BCUT2D eigenvalue weighted by molar-refractivity contribution is 0.489. The van der Waals surface area contributed by atoms with E-state index in [4.69, 9.17) is 0 Å². The van der Waals surface area contributed by atoms with E-state index in [1.54, 1.807) is 0 Å². The quantitative estimate of drug-likeness (QED) is 0.437. The Morgan fingerprint density at radius 1 is 0.706 bits per heavy atom. The third kappa shape index (κ3) is 12.6. The first-order chi connectivity index (χ1) is 7.91. The largest absolute Gasteiger partial charge is 0.561 e. The Kier molecular flexibility index (Phi) is 10.5. The zero-order valence-electron chi connectivity index (χ0n) is 9.77. The molecule has 4 atom stereocenters. The van der Waals surface area contributed by atoms with Crippen LogP contribution in [0.15, 0.2) is 0 Å². The second kappa shape index (κ2) is 10.3. The molecule has 6 nitrogen and oxygen atoms in total. The summed E-state index contributed by atoms with van der Waals surface area (Å²) in [5, 5.41) is 0. The van der Waals surface area contributed by atoms with Crippen molar-refractivity contribution in [2.24, 2.45) is 0 Å². The van der Waals surface area contributed by atoms with Gasteiger partial charge in [0.25, 0.3) is 0 Å². The molecule has 0 heterocycles. The lowest BCUT2D eigenvalue weighted by Gasteiger charge is -1.86. The average Bonchev–Trinajstić information content (AvgIpc) is 2.14. The van der Waals surface area contributed by atoms with Crippen LogP contribution in [0.3, 0.4) is 0 Å². The zero-order chi connectivity index (χ0) is 13.3. The van der Waals surface area contributed by atoms with Gasteiger partial charge >= 0.3 is 32.1 Å². The maximum atomic E-state index is 11.1. The van der Waals surface area contributed by atoms with Crippen molar-refractivity contribution >= 4 is 32.1 Å². The van der Waals surface area contributed by atoms with Crippen LogP contribution in [0.4, 0.5) is 0 Å². The molecule has 0 aromatic heterocycles. The van der Waals surface area contributed by atoms with E-state index < -0.39 is 32.1 Å². The van der Waals surface area contributed by atoms with Gasteiger partial charge in [0.1, 0.15) is 8.62 Å². The molecular formula is C7H16O6P4+4. The van der Waals surface area contributed by atoms with Crippen LogP contribution in [0, 0.1) is 0 Å². The normalized spacial score (nSPS) is 14.2. The van der Waals surface area contributed by atoms with Crippen molar-refractivity contribution in [2.45, 2.75) is 19.3 Å². The first kappa shape index (κ1) is 17.3. The first-order valence-corrected chi connectivity index (χ1v) is 11.0. The van der Waals surface area contributed by atoms with Gasteiger partial charge in [-0.25, -0.2) is 0 Å². The summed E-state index contributed by atoms with van der Waals surface area (Å²) in [5.41, 5.74) is 0. The van der Waals surface area contributed by atoms with Crippen molar-refractivity contribution in [2.75, 3.05) is 25.7 Å². The molecule has 0 bridgehead atoms. The van der Waals surface area contributed by atoms with Gasteiger partial charge in [0.05, 0.1) is 0 Å². The molecule has 0 amide bonds. The molecule has 0 saturated carbocycles. The summed E-state index contributed by atoms with van der Waals surface area (Å²) < 4.78 is 52.7. The summed E-state index contributed by atoms with van der Waals surface area (Å²) in [7, 11) is -7.34. The lowest BCUT2D eigenvalue weighted by Crippen LogP contribution is -1.84. The van der Waals surface area contributed by atoms with Gasteiger partial charge in [0.15, 0.2) is 25.7 Å². The van der Waals surface area contributed by atoms with Crippen LogP contribution in [0.2, 0.25) is 0 Å². The third-order valence-electron chi connectivity index (χ3n) is 1.59. The van der Waals surface area contributed by atoms with Gasteiger partial charge in [-0.05, 0) is 37.5 Å². The molecule has 0 N–H and O–H groups in total. The lowest BCUT2D eigenvalue weighted by atomic mass is 10.3. The summed E-state index contributed by atoms with van der Waals surface area (Å²) in [6.07, 6.45) is 2.74. The van der Waals surface area contributed by atoms with E-state index in [0.717, 1.165) is 6.42 Å². The van der Waals surface area contributed by atoms with E-state index in [2.05, 4.69) is 8.62 Å². The summed E-state index contributed by atoms with van der Waals surface area (Å²) >= 11 is 0. The van der Waals surface area contributed by atoms with Crippen molar-refractivity contribution in [1.29, 1.82) is 0 Å². The van der Waals surface area contributed by atoms with Crippen molar-refractivity contribution in [3.8, 4) is 0 Å². The summed E-state index contributed by atoms with van der Waals surface area (Å²) in [4.78, 5) is 0. The van der Waals surface area contributed by atoms with Crippen LogP contribution < -0.4 is 0 Å². The maximum absolute atomic E-state index is 11.1. The van der Waals surface area contributed by atoms with Gasteiger partial charge in [-0.1, -0.05) is 0 Å². The molecule has 0 spiro atoms. The minimum absolute atomic E-state index is 0.351. The van der Waals surface area contributed by atoms with E-state index >= 15 is 0 Å². The Morgan fingerprint density at radius 3 is 1.35 bits per heavy atom. The molecule has 0 fully saturated rings. The number of hydrogen-bond donors (Lipinski definition) is 0. The molecule has 0 rings (SSSR count). The highest BCUT2D eigenvalue weighted by molar-refractivity contribution is 7.52. The molecule has 0 aliphatic heterocycles. The SMILES string of the molecule is C[P+](=O)O[P+](=O)CCCCC[P+](=O)O[P+](C)=O. The minimum Gasteiger partial charge on any atom is -0.0450 e. The van der Waals surface area contributed by atoms with Gasteiger partial charge in [0.2, 0.25) is 0 Å². The molecule has 17 heavy (non-hydrogen) atoms. The highest BCUT2D eigenvalue weighted by atomic mass is 31.2. The van der Waals surface area contributed by atoms with Crippen LogP contribution in [-0.4, -0.2) is 25.7 Å². The molecular weight excluding hydrogens is 304 g/mol. The van der Waals surface area contributed by atoms with Gasteiger partial charge < -0.3 is 0 Å². The molecule has 96 valence electrons. The fraction of sp³-hybridized carbons (Fsp3) is 1.00. The Hall–Kier alpha value is 0.320. The third-order valence-corrected chi connectivity index (χ3v) is 6.25. The molecule has 0 aromatic rings. The number of unbranched alkanes of at least 4 members (excludes halogenated alkanes) is 2. The fourth-order valence-corrected chi connectivity index (χ4v) is 4.67. The second-order valence-corrected chi connectivity index (χ2v) is 8.51. The summed E-state index contributed by atoms with van der Waals surface area (Å²) in [6, 6.07) is 0.